The van der Waals surface area contributed by atoms with E-state index in [1.165, 1.54) is 0 Å². The van der Waals surface area contributed by atoms with Gasteiger partial charge in [-0.2, -0.15) is 0 Å². The van der Waals surface area contributed by atoms with Crippen molar-refractivity contribution in [1.29, 1.82) is 0 Å². The number of nitrogens with one attached hydrogen (secondary N) is 1. The van der Waals surface area contributed by atoms with Crippen LogP contribution in [0.25, 0.3) is 0 Å². The van der Waals surface area contributed by atoms with Gasteiger partial charge < -0.3 is 14.5 Å². The molecule has 1 N–H and O–H groups in total. The van der Waals surface area contributed by atoms with Crippen LogP contribution in [-0.2, 0) is 19.6 Å². The van der Waals surface area contributed by atoms with Crippen molar-refractivity contribution in [1.82, 2.24) is 20.5 Å². The second kappa shape index (κ2) is 7.17. The van der Waals surface area contributed by atoms with Gasteiger partial charge in [-0.15, -0.1) is 10.2 Å². The zero-order chi connectivity index (χ0) is 15.2. The van der Waals surface area contributed by atoms with E-state index in [1.807, 2.05) is 26.0 Å². The third-order valence-electron chi connectivity index (χ3n) is 2.91. The highest BCUT2D eigenvalue weighted by molar-refractivity contribution is 5.29. The third kappa shape index (κ3) is 4.53. The topological polar surface area (TPSA) is 73.1 Å². The lowest BCUT2D eigenvalue weighted by Gasteiger charge is -2.12. The van der Waals surface area contributed by atoms with Gasteiger partial charge in [0.05, 0.1) is 5.69 Å². The lowest BCUT2D eigenvalue weighted by molar-refractivity contribution is 0.255. The Hall–Kier alpha value is -1.95. The first-order valence-corrected chi connectivity index (χ1v) is 7.22. The molecule has 0 aliphatic heterocycles. The standard InChI is InChI=1S/C15H22N4O2/c1-5-14-18-19-15(21-14)9-20-13-7-6-11(4)17-12(13)8-16-10(2)3/h6-7,10,16H,5,8-9H2,1-4H3. The summed E-state index contributed by atoms with van der Waals surface area (Å²) in [6.45, 7) is 9.05. The molecule has 0 aromatic carbocycles. The summed E-state index contributed by atoms with van der Waals surface area (Å²) in [4.78, 5) is 4.52. The van der Waals surface area contributed by atoms with Crippen molar-refractivity contribution in [3.8, 4) is 5.75 Å². The summed E-state index contributed by atoms with van der Waals surface area (Å²) in [5, 5.41) is 11.2. The van der Waals surface area contributed by atoms with Gasteiger partial charge in [0.1, 0.15) is 5.75 Å². The maximum absolute atomic E-state index is 5.77. The molecule has 6 heteroatoms. The number of rotatable bonds is 7. The minimum atomic E-state index is 0.256. The predicted octanol–water partition coefficient (Wildman–Crippen LogP) is 2.41. The summed E-state index contributed by atoms with van der Waals surface area (Å²) >= 11 is 0. The number of pyridine rings is 1. The Morgan fingerprint density at radius 2 is 2.00 bits per heavy atom. The zero-order valence-electron chi connectivity index (χ0n) is 13.0. The molecule has 0 bridgehead atoms. The van der Waals surface area contributed by atoms with Crippen LogP contribution >= 0.6 is 0 Å². The molecule has 2 aromatic heterocycles. The zero-order valence-corrected chi connectivity index (χ0v) is 13.0. The molecule has 0 aliphatic carbocycles. The molecule has 0 aliphatic rings. The molecular formula is C15H22N4O2. The summed E-state index contributed by atoms with van der Waals surface area (Å²) in [5.74, 6) is 1.84. The molecule has 0 unspecified atom stereocenters. The molecule has 0 saturated heterocycles. The molecule has 2 rings (SSSR count). The summed E-state index contributed by atoms with van der Waals surface area (Å²) in [7, 11) is 0. The van der Waals surface area contributed by atoms with Crippen LogP contribution in [0.3, 0.4) is 0 Å². The molecule has 0 fully saturated rings. The van der Waals surface area contributed by atoms with Crippen LogP contribution in [0.15, 0.2) is 16.5 Å². The summed E-state index contributed by atoms with van der Waals surface area (Å²) in [6, 6.07) is 4.25. The van der Waals surface area contributed by atoms with E-state index in [9.17, 15) is 0 Å². The highest BCUT2D eigenvalue weighted by atomic mass is 16.5. The van der Waals surface area contributed by atoms with Crippen LogP contribution in [-0.4, -0.2) is 21.2 Å². The van der Waals surface area contributed by atoms with Crippen molar-refractivity contribution in [2.75, 3.05) is 0 Å². The van der Waals surface area contributed by atoms with Gasteiger partial charge >= 0.3 is 0 Å². The van der Waals surface area contributed by atoms with Gasteiger partial charge in [0.15, 0.2) is 6.61 Å². The molecule has 0 amide bonds. The fourth-order valence-corrected chi connectivity index (χ4v) is 1.79. The maximum atomic E-state index is 5.77. The van der Waals surface area contributed by atoms with E-state index in [1.54, 1.807) is 0 Å². The van der Waals surface area contributed by atoms with E-state index >= 15 is 0 Å². The van der Waals surface area contributed by atoms with Gasteiger partial charge in [0.25, 0.3) is 5.89 Å². The van der Waals surface area contributed by atoms with Crippen LogP contribution in [0.5, 0.6) is 5.75 Å². The van der Waals surface area contributed by atoms with E-state index in [4.69, 9.17) is 9.15 Å². The first-order valence-electron chi connectivity index (χ1n) is 7.22. The average molecular weight is 290 g/mol. The van der Waals surface area contributed by atoms with Crippen LogP contribution in [0.1, 0.15) is 43.9 Å². The fraction of sp³-hybridized carbons (Fsp3) is 0.533. The smallest absolute Gasteiger partial charge is 0.253 e. The van der Waals surface area contributed by atoms with Crippen molar-refractivity contribution in [3.63, 3.8) is 0 Å². The monoisotopic (exact) mass is 290 g/mol. The lowest BCUT2D eigenvalue weighted by Crippen LogP contribution is -2.23. The van der Waals surface area contributed by atoms with E-state index in [-0.39, 0.29) is 6.61 Å². The number of hydrogen-bond donors (Lipinski definition) is 1. The minimum Gasteiger partial charge on any atom is -0.482 e. The van der Waals surface area contributed by atoms with Crippen LogP contribution in [0.4, 0.5) is 0 Å². The Morgan fingerprint density at radius 1 is 1.24 bits per heavy atom. The Kier molecular flexibility index (Phi) is 5.27. The number of ether oxygens (including phenoxy) is 1. The van der Waals surface area contributed by atoms with Crippen LogP contribution in [0, 0.1) is 6.92 Å². The SMILES string of the molecule is CCc1nnc(COc2ccc(C)nc2CNC(C)C)o1. The highest BCUT2D eigenvalue weighted by Crippen LogP contribution is 2.18. The second-order valence-corrected chi connectivity index (χ2v) is 5.16. The molecule has 0 atom stereocenters. The van der Waals surface area contributed by atoms with Crippen LogP contribution in [0.2, 0.25) is 0 Å². The van der Waals surface area contributed by atoms with Gasteiger partial charge in [0.2, 0.25) is 5.89 Å². The van der Waals surface area contributed by atoms with Gasteiger partial charge in [-0.1, -0.05) is 20.8 Å². The van der Waals surface area contributed by atoms with Crippen molar-refractivity contribution in [3.05, 3.63) is 35.3 Å². The van der Waals surface area contributed by atoms with Crippen molar-refractivity contribution >= 4 is 0 Å². The molecule has 0 saturated carbocycles. The third-order valence-corrected chi connectivity index (χ3v) is 2.91. The molecular weight excluding hydrogens is 268 g/mol. The normalized spacial score (nSPS) is 11.1. The van der Waals surface area contributed by atoms with Gasteiger partial charge in [-0.25, -0.2) is 0 Å². The van der Waals surface area contributed by atoms with E-state index in [0.717, 1.165) is 23.6 Å². The number of nitrogens with zero attached hydrogens (tertiary/aromatic N) is 3. The Balaban J connectivity index is 2.04. The second-order valence-electron chi connectivity index (χ2n) is 5.16. The van der Waals surface area contributed by atoms with Crippen LogP contribution < -0.4 is 10.1 Å². The molecule has 0 spiro atoms. The van der Waals surface area contributed by atoms with Gasteiger partial charge in [0, 0.05) is 24.7 Å². The lowest BCUT2D eigenvalue weighted by atomic mass is 10.2. The van der Waals surface area contributed by atoms with Crippen molar-refractivity contribution < 1.29 is 9.15 Å². The first kappa shape index (κ1) is 15.4. The summed E-state index contributed by atoms with van der Waals surface area (Å²) in [5.41, 5.74) is 1.85. The molecule has 6 nitrogen and oxygen atoms in total. The molecule has 2 heterocycles. The molecule has 0 radical (unpaired) electrons. The number of aromatic nitrogens is 3. The molecule has 2 aromatic rings. The van der Waals surface area contributed by atoms with Crippen molar-refractivity contribution in [2.45, 2.75) is 53.3 Å². The predicted molar refractivity (Wildman–Crippen MR) is 79.0 cm³/mol. The Bertz CT molecular complexity index is 581. The van der Waals surface area contributed by atoms with Gasteiger partial charge in [-0.05, 0) is 19.1 Å². The molecule has 21 heavy (non-hydrogen) atoms. The van der Waals surface area contributed by atoms with Gasteiger partial charge in [-0.3, -0.25) is 4.98 Å². The average Bonchev–Trinajstić information content (AvgIpc) is 2.92. The summed E-state index contributed by atoms with van der Waals surface area (Å²) in [6.07, 6.45) is 0.725. The van der Waals surface area contributed by atoms with E-state index < -0.39 is 0 Å². The van der Waals surface area contributed by atoms with Crippen molar-refractivity contribution in [2.24, 2.45) is 0 Å². The van der Waals surface area contributed by atoms with E-state index in [2.05, 4.69) is 34.3 Å². The number of aryl methyl sites for hydroxylation is 2. The Morgan fingerprint density at radius 3 is 2.67 bits per heavy atom. The first-order chi connectivity index (χ1) is 10.1. The Labute approximate surface area is 124 Å². The maximum Gasteiger partial charge on any atom is 0.253 e. The highest BCUT2D eigenvalue weighted by Gasteiger charge is 2.10. The molecule has 114 valence electrons. The quantitative estimate of drug-likeness (QED) is 0.844. The van der Waals surface area contributed by atoms with E-state index in [0.29, 0.717) is 24.4 Å². The minimum absolute atomic E-state index is 0.256. The largest absolute Gasteiger partial charge is 0.482 e. The fourth-order valence-electron chi connectivity index (χ4n) is 1.79. The number of hydrogen-bond acceptors (Lipinski definition) is 6. The summed E-state index contributed by atoms with van der Waals surface area (Å²) < 4.78 is 11.2.